The number of carboxylic acid groups (broad SMARTS) is 1. The van der Waals surface area contributed by atoms with E-state index in [2.05, 4.69) is 0 Å². The van der Waals surface area contributed by atoms with Crippen molar-refractivity contribution in [2.75, 3.05) is 12.0 Å². The van der Waals surface area contributed by atoms with Gasteiger partial charge in [-0.05, 0) is 44.5 Å². The predicted molar refractivity (Wildman–Crippen MR) is 133 cm³/mol. The second kappa shape index (κ2) is 9.66. The van der Waals surface area contributed by atoms with Crippen LogP contribution in [0.15, 0.2) is 57.7 Å². The van der Waals surface area contributed by atoms with Crippen LogP contribution in [0.2, 0.25) is 0 Å². The Labute approximate surface area is 217 Å². The SMILES string of the molecule is CO[C@@H]1[C@H]2OC(=O)O[C@H]2[C@H](Oc2ccc3cc(N(Cc4ccccc4)C(=O)O)c(=O)oc3c2C)OC1(C)C. The van der Waals surface area contributed by atoms with E-state index in [0.29, 0.717) is 16.7 Å². The molecule has 2 saturated heterocycles. The number of amides is 1. The minimum Gasteiger partial charge on any atom is -0.465 e. The average Bonchev–Trinajstić information content (AvgIpc) is 3.25. The molecule has 2 aliphatic heterocycles. The lowest BCUT2D eigenvalue weighted by Crippen LogP contribution is -2.62. The van der Waals surface area contributed by atoms with E-state index in [-0.39, 0.29) is 17.8 Å². The summed E-state index contributed by atoms with van der Waals surface area (Å²) in [6, 6.07) is 13.7. The van der Waals surface area contributed by atoms with Gasteiger partial charge in [-0.1, -0.05) is 30.3 Å². The second-order valence-corrected chi connectivity index (χ2v) is 9.66. The van der Waals surface area contributed by atoms with Crippen molar-refractivity contribution in [2.45, 2.75) is 57.5 Å². The zero-order valence-corrected chi connectivity index (χ0v) is 21.2. The molecule has 0 bridgehead atoms. The molecule has 5 rings (SSSR count). The molecule has 2 aromatic carbocycles. The Kier molecular flexibility index (Phi) is 6.49. The quantitative estimate of drug-likeness (QED) is 0.368. The predicted octanol–water partition coefficient (Wildman–Crippen LogP) is 4.22. The summed E-state index contributed by atoms with van der Waals surface area (Å²) in [7, 11) is 1.50. The fourth-order valence-corrected chi connectivity index (χ4v) is 4.92. The summed E-state index contributed by atoms with van der Waals surface area (Å²) in [5, 5.41) is 10.3. The zero-order valence-electron chi connectivity index (χ0n) is 21.2. The maximum Gasteiger partial charge on any atom is 0.509 e. The lowest BCUT2D eigenvalue weighted by molar-refractivity contribution is -0.282. The molecular weight excluding hydrogens is 498 g/mol. The van der Waals surface area contributed by atoms with Crippen molar-refractivity contribution < 1.29 is 42.8 Å². The van der Waals surface area contributed by atoms with E-state index in [4.69, 9.17) is 28.1 Å². The van der Waals surface area contributed by atoms with Gasteiger partial charge in [0.1, 0.15) is 23.1 Å². The molecule has 0 spiro atoms. The molecular formula is C27H27NO10. The topological polar surface area (TPSA) is 134 Å². The number of aryl methyl sites for hydroxylation is 1. The Morgan fingerprint density at radius 3 is 2.47 bits per heavy atom. The van der Waals surface area contributed by atoms with Crippen molar-refractivity contribution >= 4 is 28.9 Å². The van der Waals surface area contributed by atoms with Gasteiger partial charge in [0.05, 0.1) is 12.1 Å². The highest BCUT2D eigenvalue weighted by atomic mass is 16.8. The van der Waals surface area contributed by atoms with Gasteiger partial charge in [-0.25, -0.2) is 14.4 Å². The highest BCUT2D eigenvalue weighted by Crippen LogP contribution is 2.39. The second-order valence-electron chi connectivity index (χ2n) is 9.66. The lowest BCUT2D eigenvalue weighted by Gasteiger charge is -2.45. The Bertz CT molecular complexity index is 1430. The van der Waals surface area contributed by atoms with Gasteiger partial charge in [0.2, 0.25) is 12.4 Å². The molecule has 1 aromatic heterocycles. The molecule has 0 saturated carbocycles. The molecule has 2 fully saturated rings. The monoisotopic (exact) mass is 525 g/mol. The number of ether oxygens (including phenoxy) is 5. The molecule has 11 heteroatoms. The van der Waals surface area contributed by atoms with Crippen molar-refractivity contribution in [3.05, 3.63) is 70.1 Å². The first-order valence-electron chi connectivity index (χ1n) is 12.0. The third-order valence-corrected chi connectivity index (χ3v) is 6.75. The van der Waals surface area contributed by atoms with Crippen LogP contribution in [0.25, 0.3) is 11.0 Å². The first-order valence-corrected chi connectivity index (χ1v) is 12.0. The van der Waals surface area contributed by atoms with E-state index in [9.17, 15) is 19.5 Å². The van der Waals surface area contributed by atoms with Crippen LogP contribution in [0.1, 0.15) is 25.0 Å². The van der Waals surface area contributed by atoms with Crippen LogP contribution in [0.5, 0.6) is 5.75 Å². The fraction of sp³-hybridized carbons (Fsp3) is 0.370. The number of benzene rings is 2. The zero-order chi connectivity index (χ0) is 27.2. The Hall–Kier alpha value is -4.09. The minimum absolute atomic E-state index is 0.0206. The molecule has 200 valence electrons. The van der Waals surface area contributed by atoms with Gasteiger partial charge in [-0.2, -0.15) is 0 Å². The normalized spacial score (nSPS) is 23.8. The first kappa shape index (κ1) is 25.6. The number of anilines is 1. The van der Waals surface area contributed by atoms with Crippen LogP contribution in [-0.4, -0.2) is 54.7 Å². The standard InChI is InChI=1S/C27H27NO10/c1-14-18(34-24-21-20(36-26(32)37-21)22(33-4)27(2,3)38-24)11-10-16-12-17(23(29)35-19(14)16)28(25(30)31)13-15-8-6-5-7-9-15/h5-12,20-22,24H,13H2,1-4H3,(H,30,31)/t20-,21+,22+,24+/m0/s1. The van der Waals surface area contributed by atoms with Crippen molar-refractivity contribution in [3.8, 4) is 5.75 Å². The summed E-state index contributed by atoms with van der Waals surface area (Å²) in [5.74, 6) is 0.325. The number of nitrogens with zero attached hydrogens (tertiary/aromatic N) is 1. The highest BCUT2D eigenvalue weighted by Gasteiger charge is 2.59. The lowest BCUT2D eigenvalue weighted by atomic mass is 9.89. The summed E-state index contributed by atoms with van der Waals surface area (Å²) in [5.41, 5.74) is -0.374. The summed E-state index contributed by atoms with van der Waals surface area (Å²) in [6.45, 7) is 5.25. The molecule has 3 aromatic rings. The van der Waals surface area contributed by atoms with Crippen LogP contribution in [0.3, 0.4) is 0 Å². The third kappa shape index (κ3) is 4.54. The van der Waals surface area contributed by atoms with Crippen LogP contribution < -0.4 is 15.3 Å². The number of fused-ring (bicyclic) bond motifs is 2. The van der Waals surface area contributed by atoms with Crippen LogP contribution in [-0.2, 0) is 25.5 Å². The molecule has 38 heavy (non-hydrogen) atoms. The number of hydrogen-bond donors (Lipinski definition) is 1. The number of carbonyl (C=O) groups is 2. The van der Waals surface area contributed by atoms with E-state index in [1.165, 1.54) is 13.2 Å². The van der Waals surface area contributed by atoms with Gasteiger partial charge in [0.25, 0.3) is 0 Å². The Morgan fingerprint density at radius 2 is 1.79 bits per heavy atom. The molecule has 1 amide bonds. The molecule has 0 aliphatic carbocycles. The summed E-state index contributed by atoms with van der Waals surface area (Å²) >= 11 is 0. The Morgan fingerprint density at radius 1 is 1.08 bits per heavy atom. The molecule has 3 heterocycles. The van der Waals surface area contributed by atoms with E-state index >= 15 is 0 Å². The van der Waals surface area contributed by atoms with Crippen LogP contribution >= 0.6 is 0 Å². The van der Waals surface area contributed by atoms with E-state index in [0.717, 1.165) is 10.5 Å². The van der Waals surface area contributed by atoms with Gasteiger partial charge in [-0.15, -0.1) is 0 Å². The van der Waals surface area contributed by atoms with Gasteiger partial charge in [0.15, 0.2) is 6.10 Å². The van der Waals surface area contributed by atoms with E-state index in [1.54, 1.807) is 57.2 Å². The van der Waals surface area contributed by atoms with Crippen molar-refractivity contribution in [1.29, 1.82) is 0 Å². The molecule has 4 atom stereocenters. The maximum absolute atomic E-state index is 12.9. The number of hydrogen-bond acceptors (Lipinski definition) is 9. The van der Waals surface area contributed by atoms with Crippen LogP contribution in [0.4, 0.5) is 15.3 Å². The Balaban J connectivity index is 1.46. The van der Waals surface area contributed by atoms with Crippen LogP contribution in [0, 0.1) is 6.92 Å². The molecule has 2 aliphatic rings. The van der Waals surface area contributed by atoms with Gasteiger partial charge < -0.3 is 33.2 Å². The summed E-state index contributed by atoms with van der Waals surface area (Å²) in [4.78, 5) is 37.8. The van der Waals surface area contributed by atoms with E-state index in [1.807, 2.05) is 6.07 Å². The van der Waals surface area contributed by atoms with Gasteiger partial charge >= 0.3 is 17.9 Å². The molecule has 11 nitrogen and oxygen atoms in total. The fourth-order valence-electron chi connectivity index (χ4n) is 4.92. The smallest absolute Gasteiger partial charge is 0.465 e. The summed E-state index contributed by atoms with van der Waals surface area (Å²) in [6.07, 6.45) is -5.36. The number of methoxy groups -OCH3 is 1. The van der Waals surface area contributed by atoms with Crippen molar-refractivity contribution in [2.24, 2.45) is 0 Å². The van der Waals surface area contributed by atoms with Crippen molar-refractivity contribution in [1.82, 2.24) is 0 Å². The van der Waals surface area contributed by atoms with Gasteiger partial charge in [-0.3, -0.25) is 4.90 Å². The summed E-state index contributed by atoms with van der Waals surface area (Å²) < 4.78 is 34.0. The number of carbonyl (C=O) groups excluding carboxylic acids is 1. The molecule has 0 radical (unpaired) electrons. The highest BCUT2D eigenvalue weighted by molar-refractivity contribution is 5.90. The average molecular weight is 526 g/mol. The van der Waals surface area contributed by atoms with Crippen molar-refractivity contribution in [3.63, 3.8) is 0 Å². The maximum atomic E-state index is 12.9. The minimum atomic E-state index is -1.29. The molecule has 1 N–H and O–H groups in total. The largest absolute Gasteiger partial charge is 0.509 e. The molecule has 0 unspecified atom stereocenters. The van der Waals surface area contributed by atoms with Gasteiger partial charge in [0, 0.05) is 18.1 Å². The first-order chi connectivity index (χ1) is 18.1. The third-order valence-electron chi connectivity index (χ3n) is 6.75. The number of rotatable bonds is 6. The van der Waals surface area contributed by atoms with E-state index < -0.39 is 48.1 Å².